The average molecular weight is 335 g/mol. The zero-order valence-electron chi connectivity index (χ0n) is 11.9. The molecule has 0 spiro atoms. The van der Waals surface area contributed by atoms with Crippen LogP contribution in [0.4, 0.5) is 5.69 Å². The lowest BCUT2D eigenvalue weighted by Crippen LogP contribution is -2.15. The van der Waals surface area contributed by atoms with Crippen LogP contribution in [0.1, 0.15) is 35.6 Å². The van der Waals surface area contributed by atoms with Crippen molar-refractivity contribution in [2.45, 2.75) is 46.2 Å². The van der Waals surface area contributed by atoms with Crippen molar-refractivity contribution in [1.29, 1.82) is 0 Å². The molecule has 0 aliphatic carbocycles. The predicted octanol–water partition coefficient (Wildman–Crippen LogP) is 3.61. The van der Waals surface area contributed by atoms with E-state index in [1.165, 1.54) is 28.4 Å². The van der Waals surface area contributed by atoms with Gasteiger partial charge in [-0.05, 0) is 49.9 Å². The van der Waals surface area contributed by atoms with E-state index in [9.17, 15) is 0 Å². The van der Waals surface area contributed by atoms with Crippen LogP contribution >= 0.6 is 15.9 Å². The van der Waals surface area contributed by atoms with Crippen LogP contribution in [-0.4, -0.2) is 14.8 Å². The van der Waals surface area contributed by atoms with Gasteiger partial charge >= 0.3 is 0 Å². The van der Waals surface area contributed by atoms with Gasteiger partial charge in [0.15, 0.2) is 5.82 Å². The van der Waals surface area contributed by atoms with E-state index in [1.807, 2.05) is 0 Å². The van der Waals surface area contributed by atoms with Gasteiger partial charge in [0, 0.05) is 23.1 Å². The number of fused-ring (bicyclic) bond motifs is 1. The van der Waals surface area contributed by atoms with Gasteiger partial charge in [-0.15, -0.1) is 10.2 Å². The highest BCUT2D eigenvalue weighted by atomic mass is 79.9. The first-order valence-electron chi connectivity index (χ1n) is 7.06. The highest BCUT2D eigenvalue weighted by Crippen LogP contribution is 2.25. The minimum atomic E-state index is 0.730. The largest absolute Gasteiger partial charge is 0.378 e. The summed E-state index contributed by atoms with van der Waals surface area (Å²) in [5.74, 6) is 2.18. The van der Waals surface area contributed by atoms with E-state index in [0.717, 1.165) is 36.8 Å². The molecule has 1 aromatic carbocycles. The summed E-state index contributed by atoms with van der Waals surface area (Å²) in [5.41, 5.74) is 3.63. The Kier molecular flexibility index (Phi) is 3.78. The second-order valence-electron chi connectivity index (χ2n) is 5.42. The van der Waals surface area contributed by atoms with E-state index in [-0.39, 0.29) is 0 Å². The second-order valence-corrected chi connectivity index (χ2v) is 6.21. The third-order valence-corrected chi connectivity index (χ3v) is 5.07. The third kappa shape index (κ3) is 2.59. The summed E-state index contributed by atoms with van der Waals surface area (Å²) in [5, 5.41) is 12.1. The first kappa shape index (κ1) is 13.6. The van der Waals surface area contributed by atoms with Crippen LogP contribution in [0.15, 0.2) is 16.6 Å². The SMILES string of the molecule is Cc1cc(NCc2nnc3n2CCCC3)cc(C)c1Br. The van der Waals surface area contributed by atoms with Crippen molar-refractivity contribution in [1.82, 2.24) is 14.8 Å². The summed E-state index contributed by atoms with van der Waals surface area (Å²) in [6.07, 6.45) is 3.52. The summed E-state index contributed by atoms with van der Waals surface area (Å²) < 4.78 is 3.44. The number of benzene rings is 1. The van der Waals surface area contributed by atoms with Crippen molar-refractivity contribution in [2.75, 3.05) is 5.32 Å². The monoisotopic (exact) mass is 334 g/mol. The molecule has 20 heavy (non-hydrogen) atoms. The molecule has 1 aromatic heterocycles. The van der Waals surface area contributed by atoms with Crippen LogP contribution in [-0.2, 0) is 19.5 Å². The van der Waals surface area contributed by atoms with E-state index < -0.39 is 0 Å². The van der Waals surface area contributed by atoms with E-state index in [1.54, 1.807) is 0 Å². The minimum Gasteiger partial charge on any atom is -0.378 e. The van der Waals surface area contributed by atoms with Crippen molar-refractivity contribution < 1.29 is 0 Å². The Morgan fingerprint density at radius 1 is 1.20 bits per heavy atom. The Labute approximate surface area is 127 Å². The Morgan fingerprint density at radius 3 is 2.70 bits per heavy atom. The van der Waals surface area contributed by atoms with Gasteiger partial charge < -0.3 is 9.88 Å². The molecule has 0 saturated heterocycles. The summed E-state index contributed by atoms with van der Waals surface area (Å²) in [6.45, 7) is 6.01. The molecule has 3 rings (SSSR count). The number of hydrogen-bond acceptors (Lipinski definition) is 3. The maximum Gasteiger partial charge on any atom is 0.152 e. The van der Waals surface area contributed by atoms with E-state index >= 15 is 0 Å². The Balaban J connectivity index is 1.75. The first-order valence-corrected chi connectivity index (χ1v) is 7.86. The van der Waals surface area contributed by atoms with Gasteiger partial charge in [0.2, 0.25) is 0 Å². The zero-order valence-corrected chi connectivity index (χ0v) is 13.5. The number of nitrogens with one attached hydrogen (secondary N) is 1. The fourth-order valence-corrected chi connectivity index (χ4v) is 2.96. The maximum absolute atomic E-state index is 4.32. The molecule has 0 fully saturated rings. The number of nitrogens with zero attached hydrogens (tertiary/aromatic N) is 3. The molecule has 1 aliphatic rings. The molecule has 2 heterocycles. The van der Waals surface area contributed by atoms with Crippen molar-refractivity contribution in [3.05, 3.63) is 39.4 Å². The summed E-state index contributed by atoms with van der Waals surface area (Å²) in [7, 11) is 0. The van der Waals surface area contributed by atoms with Gasteiger partial charge in [-0.1, -0.05) is 15.9 Å². The Hall–Kier alpha value is -1.36. The van der Waals surface area contributed by atoms with Gasteiger partial charge in [-0.2, -0.15) is 0 Å². The number of aryl methyl sites for hydroxylation is 3. The zero-order chi connectivity index (χ0) is 14.1. The van der Waals surface area contributed by atoms with Gasteiger partial charge in [-0.3, -0.25) is 0 Å². The normalized spacial score (nSPS) is 14.2. The van der Waals surface area contributed by atoms with Crippen molar-refractivity contribution in [2.24, 2.45) is 0 Å². The van der Waals surface area contributed by atoms with Crippen LogP contribution in [0.25, 0.3) is 0 Å². The van der Waals surface area contributed by atoms with Crippen molar-refractivity contribution >= 4 is 21.6 Å². The van der Waals surface area contributed by atoms with Gasteiger partial charge in [-0.25, -0.2) is 0 Å². The van der Waals surface area contributed by atoms with Crippen molar-refractivity contribution in [3.8, 4) is 0 Å². The second kappa shape index (κ2) is 5.56. The predicted molar refractivity (Wildman–Crippen MR) is 83.9 cm³/mol. The van der Waals surface area contributed by atoms with E-state index in [0.29, 0.717) is 0 Å². The molecule has 4 nitrogen and oxygen atoms in total. The highest BCUT2D eigenvalue weighted by Gasteiger charge is 2.15. The highest BCUT2D eigenvalue weighted by molar-refractivity contribution is 9.10. The Morgan fingerprint density at radius 2 is 1.95 bits per heavy atom. The number of rotatable bonds is 3. The molecule has 0 atom stereocenters. The molecule has 0 unspecified atom stereocenters. The van der Waals surface area contributed by atoms with Crippen LogP contribution in [0.3, 0.4) is 0 Å². The fraction of sp³-hybridized carbons (Fsp3) is 0.467. The van der Waals surface area contributed by atoms with E-state index in [2.05, 4.69) is 62.0 Å². The number of halogens is 1. The molecule has 1 N–H and O–H groups in total. The molecule has 2 aromatic rings. The summed E-state index contributed by atoms with van der Waals surface area (Å²) in [4.78, 5) is 0. The topological polar surface area (TPSA) is 42.7 Å². The molecule has 0 bridgehead atoms. The van der Waals surface area contributed by atoms with Crippen LogP contribution in [0.5, 0.6) is 0 Å². The number of anilines is 1. The van der Waals surface area contributed by atoms with Crippen LogP contribution in [0, 0.1) is 13.8 Å². The quantitative estimate of drug-likeness (QED) is 0.932. The van der Waals surface area contributed by atoms with Crippen LogP contribution < -0.4 is 5.32 Å². The molecule has 0 amide bonds. The lowest BCUT2D eigenvalue weighted by molar-refractivity contribution is 0.510. The molecular weight excluding hydrogens is 316 g/mol. The minimum absolute atomic E-state index is 0.730. The van der Waals surface area contributed by atoms with Gasteiger partial charge in [0.05, 0.1) is 6.54 Å². The average Bonchev–Trinajstić information content (AvgIpc) is 2.85. The van der Waals surface area contributed by atoms with Crippen LogP contribution in [0.2, 0.25) is 0 Å². The Bertz CT molecular complexity index is 610. The summed E-state index contributed by atoms with van der Waals surface area (Å²) in [6, 6.07) is 4.31. The number of aromatic nitrogens is 3. The molecule has 0 radical (unpaired) electrons. The van der Waals surface area contributed by atoms with Crippen molar-refractivity contribution in [3.63, 3.8) is 0 Å². The third-order valence-electron chi connectivity index (χ3n) is 3.82. The van der Waals surface area contributed by atoms with Gasteiger partial charge in [0.25, 0.3) is 0 Å². The molecule has 1 aliphatic heterocycles. The first-order chi connectivity index (χ1) is 9.65. The molecule has 0 saturated carbocycles. The molecular formula is C15H19BrN4. The number of hydrogen-bond donors (Lipinski definition) is 1. The summed E-state index contributed by atoms with van der Waals surface area (Å²) >= 11 is 3.60. The lowest BCUT2D eigenvalue weighted by atomic mass is 10.1. The standard InChI is InChI=1S/C15H19BrN4/c1-10-7-12(8-11(2)15(10)16)17-9-14-19-18-13-5-3-4-6-20(13)14/h7-8,17H,3-6,9H2,1-2H3. The molecule has 5 heteroatoms. The maximum atomic E-state index is 4.32. The van der Waals surface area contributed by atoms with Gasteiger partial charge in [0.1, 0.15) is 5.82 Å². The molecule has 106 valence electrons. The fourth-order valence-electron chi connectivity index (χ4n) is 2.73. The lowest BCUT2D eigenvalue weighted by Gasteiger charge is -2.15. The smallest absolute Gasteiger partial charge is 0.152 e. The van der Waals surface area contributed by atoms with E-state index in [4.69, 9.17) is 0 Å².